The largest absolute Gasteiger partial charge is 0.478 e. The van der Waals surface area contributed by atoms with Crippen LogP contribution in [0, 0.1) is 6.92 Å². The second kappa shape index (κ2) is 5.99. The minimum atomic E-state index is -3.52. The molecular weight excluding hydrogens is 266 g/mol. The molecular formula is C13H17NO4S. The number of carbonyl (C=O) groups is 1. The summed E-state index contributed by atoms with van der Waals surface area (Å²) in [5, 5.41) is 8.56. The van der Waals surface area contributed by atoms with E-state index in [9.17, 15) is 13.2 Å². The van der Waals surface area contributed by atoms with Crippen LogP contribution < -0.4 is 4.72 Å². The maximum absolute atomic E-state index is 11.9. The Bertz CT molecular complexity index is 603. The van der Waals surface area contributed by atoms with E-state index in [0.29, 0.717) is 11.1 Å². The van der Waals surface area contributed by atoms with Crippen LogP contribution in [0.2, 0.25) is 0 Å². The number of nitrogens with one attached hydrogen (secondary N) is 1. The van der Waals surface area contributed by atoms with Gasteiger partial charge in [-0.15, -0.1) is 0 Å². The lowest BCUT2D eigenvalue weighted by atomic mass is 10.1. The van der Waals surface area contributed by atoms with Crippen molar-refractivity contribution >= 4 is 22.1 Å². The fraction of sp³-hybridized carbons (Fsp3) is 0.308. The molecule has 0 saturated carbocycles. The summed E-state index contributed by atoms with van der Waals surface area (Å²) >= 11 is 0. The molecule has 0 aliphatic carbocycles. The number of rotatable bonds is 5. The van der Waals surface area contributed by atoms with Gasteiger partial charge in [0.25, 0.3) is 0 Å². The first-order valence-corrected chi connectivity index (χ1v) is 7.24. The molecule has 104 valence electrons. The van der Waals surface area contributed by atoms with Crippen LogP contribution in [0.15, 0.2) is 29.2 Å². The highest BCUT2D eigenvalue weighted by Crippen LogP contribution is 2.17. The third kappa shape index (κ3) is 4.50. The predicted molar refractivity (Wildman–Crippen MR) is 73.3 cm³/mol. The minimum Gasteiger partial charge on any atom is -0.478 e. The number of sulfonamides is 1. The highest BCUT2D eigenvalue weighted by molar-refractivity contribution is 7.89. The van der Waals surface area contributed by atoms with Crippen molar-refractivity contribution in [2.75, 3.05) is 0 Å². The van der Waals surface area contributed by atoms with E-state index in [1.807, 2.05) is 0 Å². The summed E-state index contributed by atoms with van der Waals surface area (Å²) in [7, 11) is -3.52. The van der Waals surface area contributed by atoms with E-state index in [1.165, 1.54) is 18.2 Å². The van der Waals surface area contributed by atoms with Crippen LogP contribution in [-0.2, 0) is 14.8 Å². The molecule has 0 amide bonds. The number of carboxylic acids is 1. The molecule has 0 aromatic heterocycles. The Balaban J connectivity index is 3.10. The first-order chi connectivity index (χ1) is 8.72. The molecule has 0 radical (unpaired) electrons. The van der Waals surface area contributed by atoms with E-state index in [2.05, 4.69) is 4.72 Å². The van der Waals surface area contributed by atoms with Crippen molar-refractivity contribution in [2.45, 2.75) is 31.7 Å². The van der Waals surface area contributed by atoms with Crippen molar-refractivity contribution in [2.24, 2.45) is 0 Å². The Morgan fingerprint density at radius 2 is 2.00 bits per heavy atom. The number of hydrogen-bond acceptors (Lipinski definition) is 3. The maximum Gasteiger partial charge on any atom is 0.328 e. The molecule has 0 saturated heterocycles. The lowest BCUT2D eigenvalue weighted by Crippen LogP contribution is -2.30. The van der Waals surface area contributed by atoms with Crippen molar-refractivity contribution in [3.05, 3.63) is 35.4 Å². The van der Waals surface area contributed by atoms with E-state index in [-0.39, 0.29) is 10.9 Å². The fourth-order valence-electron chi connectivity index (χ4n) is 1.54. The molecule has 0 spiro atoms. The van der Waals surface area contributed by atoms with Gasteiger partial charge >= 0.3 is 5.97 Å². The zero-order chi connectivity index (χ0) is 14.6. The maximum atomic E-state index is 11.9. The van der Waals surface area contributed by atoms with Crippen molar-refractivity contribution in [3.63, 3.8) is 0 Å². The average Bonchev–Trinajstić information content (AvgIpc) is 2.25. The van der Waals surface area contributed by atoms with Gasteiger partial charge in [0.15, 0.2) is 0 Å². The van der Waals surface area contributed by atoms with Gasteiger partial charge < -0.3 is 5.11 Å². The summed E-state index contributed by atoms with van der Waals surface area (Å²) in [6.45, 7) is 5.22. The van der Waals surface area contributed by atoms with E-state index in [0.717, 1.165) is 6.08 Å². The Morgan fingerprint density at radius 1 is 1.37 bits per heavy atom. The standard InChI is InChI=1S/C13H17NO4S/c1-9(2)14-19(17,18)12-6-4-11(10(3)8-12)5-7-13(15)16/h4-9,14H,1-3H3,(H,15,16)/b7-5+. The summed E-state index contributed by atoms with van der Waals surface area (Å²) < 4.78 is 26.4. The van der Waals surface area contributed by atoms with E-state index >= 15 is 0 Å². The number of aryl methyl sites for hydroxylation is 1. The van der Waals surface area contributed by atoms with Gasteiger partial charge in [0, 0.05) is 12.1 Å². The summed E-state index contributed by atoms with van der Waals surface area (Å²) in [5.74, 6) is -1.04. The van der Waals surface area contributed by atoms with Crippen LogP contribution in [0.5, 0.6) is 0 Å². The highest BCUT2D eigenvalue weighted by atomic mass is 32.2. The number of benzene rings is 1. The quantitative estimate of drug-likeness (QED) is 0.807. The van der Waals surface area contributed by atoms with Gasteiger partial charge in [0.05, 0.1) is 4.90 Å². The lowest BCUT2D eigenvalue weighted by molar-refractivity contribution is -0.131. The molecule has 1 aromatic carbocycles. The van der Waals surface area contributed by atoms with Gasteiger partial charge in [-0.3, -0.25) is 0 Å². The van der Waals surface area contributed by atoms with Crippen LogP contribution in [0.4, 0.5) is 0 Å². The molecule has 0 aliphatic heterocycles. The van der Waals surface area contributed by atoms with E-state index in [4.69, 9.17) is 5.11 Å². The first-order valence-electron chi connectivity index (χ1n) is 5.76. The van der Waals surface area contributed by atoms with Crippen LogP contribution in [0.3, 0.4) is 0 Å². The Hall–Kier alpha value is -1.66. The van der Waals surface area contributed by atoms with Crippen LogP contribution >= 0.6 is 0 Å². The highest BCUT2D eigenvalue weighted by Gasteiger charge is 2.15. The fourth-order valence-corrected chi connectivity index (χ4v) is 2.88. The molecule has 6 heteroatoms. The van der Waals surface area contributed by atoms with Crippen LogP contribution in [-0.4, -0.2) is 25.5 Å². The smallest absolute Gasteiger partial charge is 0.328 e. The van der Waals surface area contributed by atoms with Gasteiger partial charge in [-0.25, -0.2) is 17.9 Å². The minimum absolute atomic E-state index is 0.172. The van der Waals surface area contributed by atoms with Crippen molar-refractivity contribution in [1.29, 1.82) is 0 Å². The Labute approximate surface area is 113 Å². The van der Waals surface area contributed by atoms with E-state index < -0.39 is 16.0 Å². The normalized spacial score (nSPS) is 12.2. The molecule has 0 bridgehead atoms. The Morgan fingerprint density at radius 3 is 2.47 bits per heavy atom. The third-order valence-corrected chi connectivity index (χ3v) is 4.00. The van der Waals surface area contributed by atoms with Gasteiger partial charge in [-0.2, -0.15) is 0 Å². The molecule has 1 aromatic rings. The summed E-state index contributed by atoms with van der Waals surface area (Å²) in [6, 6.07) is 4.38. The molecule has 19 heavy (non-hydrogen) atoms. The zero-order valence-corrected chi connectivity index (χ0v) is 11.9. The summed E-state index contributed by atoms with van der Waals surface area (Å²) in [6.07, 6.45) is 2.45. The molecule has 0 heterocycles. The van der Waals surface area contributed by atoms with Gasteiger partial charge in [0.1, 0.15) is 0 Å². The zero-order valence-electron chi connectivity index (χ0n) is 11.0. The molecule has 2 N–H and O–H groups in total. The Kier molecular flexibility index (Phi) is 4.85. The number of carboxylic acid groups (broad SMARTS) is 1. The second-order valence-corrected chi connectivity index (χ2v) is 6.18. The van der Waals surface area contributed by atoms with Gasteiger partial charge in [-0.05, 0) is 50.1 Å². The van der Waals surface area contributed by atoms with Crippen molar-refractivity contribution in [3.8, 4) is 0 Å². The first kappa shape index (κ1) is 15.4. The second-order valence-electron chi connectivity index (χ2n) is 4.47. The monoisotopic (exact) mass is 283 g/mol. The van der Waals surface area contributed by atoms with E-state index in [1.54, 1.807) is 26.8 Å². The summed E-state index contributed by atoms with van der Waals surface area (Å²) in [4.78, 5) is 10.6. The molecule has 0 atom stereocenters. The van der Waals surface area contributed by atoms with Gasteiger partial charge in [0.2, 0.25) is 10.0 Å². The molecule has 0 aliphatic rings. The molecule has 5 nitrogen and oxygen atoms in total. The van der Waals surface area contributed by atoms with Crippen LogP contribution in [0.1, 0.15) is 25.0 Å². The molecule has 0 unspecified atom stereocenters. The average molecular weight is 283 g/mol. The SMILES string of the molecule is Cc1cc(S(=O)(=O)NC(C)C)ccc1/C=C/C(=O)O. The predicted octanol–water partition coefficient (Wildman–Crippen LogP) is 1.78. The number of hydrogen-bond donors (Lipinski definition) is 2. The molecule has 1 rings (SSSR count). The number of aliphatic carboxylic acids is 1. The van der Waals surface area contributed by atoms with Crippen molar-refractivity contribution in [1.82, 2.24) is 4.72 Å². The van der Waals surface area contributed by atoms with Crippen molar-refractivity contribution < 1.29 is 18.3 Å². The van der Waals surface area contributed by atoms with Crippen LogP contribution in [0.25, 0.3) is 6.08 Å². The lowest BCUT2D eigenvalue weighted by Gasteiger charge is -2.11. The third-order valence-electron chi connectivity index (χ3n) is 2.35. The molecule has 0 fully saturated rings. The van der Waals surface area contributed by atoms with Gasteiger partial charge in [-0.1, -0.05) is 6.07 Å². The summed E-state index contributed by atoms with van der Waals surface area (Å²) in [5.41, 5.74) is 1.37. The topological polar surface area (TPSA) is 83.5 Å².